The molecule has 6 saturated carbocycles. The molecule has 0 radical (unpaired) electrons. The molecule has 0 saturated heterocycles. The topological polar surface area (TPSA) is 132 Å². The summed E-state index contributed by atoms with van der Waals surface area (Å²) in [6.45, 7) is 73.7. The SMILES string of the molecule is CCC(C)(C)C(=O)OC1CC(C(C)(C)C)CC(C(C)(C)C)C1.CCC(C)(C)C(=O)OC1CC(C)(C)CC(C)(C)C1.CCC(C)(C)C(=O)OC1CC(C)(C)CCC1C.CCC(C)(C)C(=O)OC1CC2CCC1(C)C2(C)C.CCC(C)(C)C(=O)OC1CCC(C(C)(C)C)CC1. The molecule has 0 amide bonds. The lowest BCUT2D eigenvalue weighted by Gasteiger charge is -2.45. The van der Waals surface area contributed by atoms with Gasteiger partial charge in [-0.25, -0.2) is 0 Å². The molecular weight excluding hydrogens is 1160 g/mol. The second-order valence-electron chi connectivity index (χ2n) is 40.6. The van der Waals surface area contributed by atoms with E-state index in [0.29, 0.717) is 34.0 Å². The van der Waals surface area contributed by atoms with Crippen molar-refractivity contribution in [1.82, 2.24) is 0 Å². The maximum absolute atomic E-state index is 12.5. The third-order valence-corrected chi connectivity index (χ3v) is 25.4. The average Bonchev–Trinajstić information content (AvgIpc) is 1.56. The van der Waals surface area contributed by atoms with Crippen molar-refractivity contribution in [2.45, 2.75) is 401 Å². The van der Waals surface area contributed by atoms with Crippen molar-refractivity contribution in [1.29, 1.82) is 0 Å². The van der Waals surface area contributed by atoms with Crippen molar-refractivity contribution in [2.24, 2.45) is 100.0 Å². The van der Waals surface area contributed by atoms with Gasteiger partial charge in [-0.3, -0.25) is 24.0 Å². The molecule has 0 aromatic rings. The van der Waals surface area contributed by atoms with Gasteiger partial charge in [0.15, 0.2) is 0 Å². The minimum atomic E-state index is -0.369. The van der Waals surface area contributed by atoms with E-state index < -0.39 is 0 Å². The number of hydrogen-bond donors (Lipinski definition) is 0. The summed E-state index contributed by atoms with van der Waals surface area (Å²) in [7, 11) is 0. The molecule has 0 heterocycles. The zero-order valence-corrected chi connectivity index (χ0v) is 67.7. The van der Waals surface area contributed by atoms with Crippen molar-refractivity contribution in [2.75, 3.05) is 0 Å². The number of carbonyl (C=O) groups is 5. The monoisotopic (exact) mass is 1310 g/mol. The highest BCUT2D eigenvalue weighted by molar-refractivity contribution is 5.78. The van der Waals surface area contributed by atoms with Crippen molar-refractivity contribution < 1.29 is 47.7 Å². The van der Waals surface area contributed by atoms with Gasteiger partial charge in [-0.05, 0) is 272 Å². The van der Waals surface area contributed by atoms with E-state index in [0.717, 1.165) is 102 Å². The minimum absolute atomic E-state index is 0.0143. The van der Waals surface area contributed by atoms with E-state index in [-0.39, 0.29) is 115 Å². The zero-order valence-electron chi connectivity index (χ0n) is 67.7. The van der Waals surface area contributed by atoms with Crippen LogP contribution in [0.2, 0.25) is 0 Å². The summed E-state index contributed by atoms with van der Waals surface area (Å²) in [6, 6.07) is 0. The molecule has 2 bridgehead atoms. The summed E-state index contributed by atoms with van der Waals surface area (Å²) in [5, 5.41) is 0. The molecule has 10 heteroatoms. The highest BCUT2D eigenvalue weighted by Crippen LogP contribution is 2.66. The summed E-state index contributed by atoms with van der Waals surface area (Å²) in [4.78, 5) is 61.0. The molecule has 7 unspecified atom stereocenters. The van der Waals surface area contributed by atoms with Crippen molar-refractivity contribution in [3.63, 3.8) is 0 Å². The van der Waals surface area contributed by atoms with E-state index in [4.69, 9.17) is 23.7 Å². The maximum Gasteiger partial charge on any atom is 0.311 e. The van der Waals surface area contributed by atoms with Crippen LogP contribution in [0.3, 0.4) is 0 Å². The third kappa shape index (κ3) is 25.2. The predicted molar refractivity (Wildman–Crippen MR) is 388 cm³/mol. The molecule has 7 atom stereocenters. The molecule has 0 aromatic carbocycles. The molecule has 546 valence electrons. The van der Waals surface area contributed by atoms with Crippen LogP contribution >= 0.6 is 0 Å². The van der Waals surface area contributed by atoms with Crippen LogP contribution in [-0.2, 0) is 47.7 Å². The van der Waals surface area contributed by atoms with Gasteiger partial charge in [-0.1, -0.05) is 166 Å². The fourth-order valence-electron chi connectivity index (χ4n) is 15.0. The Kier molecular flexibility index (Phi) is 30.3. The summed E-state index contributed by atoms with van der Waals surface area (Å²) >= 11 is 0. The highest BCUT2D eigenvalue weighted by Gasteiger charge is 2.63. The number of carbonyl (C=O) groups excluding carboxylic acids is 5. The minimum Gasteiger partial charge on any atom is -0.462 e. The van der Waals surface area contributed by atoms with Gasteiger partial charge in [-0.2, -0.15) is 0 Å². The van der Waals surface area contributed by atoms with Gasteiger partial charge in [-0.15, -0.1) is 0 Å². The van der Waals surface area contributed by atoms with Gasteiger partial charge >= 0.3 is 29.8 Å². The van der Waals surface area contributed by atoms with Gasteiger partial charge < -0.3 is 23.7 Å². The van der Waals surface area contributed by atoms with E-state index >= 15 is 0 Å². The summed E-state index contributed by atoms with van der Waals surface area (Å²) < 4.78 is 29.1. The Morgan fingerprint density at radius 1 is 0.355 bits per heavy atom. The van der Waals surface area contributed by atoms with Gasteiger partial charge in [0.25, 0.3) is 0 Å². The first kappa shape index (κ1) is 86.4. The Hall–Kier alpha value is -2.65. The Balaban J connectivity index is 0.000000397. The summed E-state index contributed by atoms with van der Waals surface area (Å²) in [6.07, 6.45) is 22.6. The van der Waals surface area contributed by atoms with E-state index in [2.05, 4.69) is 138 Å². The second kappa shape index (κ2) is 32.6. The number of esters is 5. The summed E-state index contributed by atoms with van der Waals surface area (Å²) in [5.41, 5.74) is 0.523. The van der Waals surface area contributed by atoms with Crippen molar-refractivity contribution in [3.8, 4) is 0 Å². The third-order valence-electron chi connectivity index (χ3n) is 25.4. The van der Waals surface area contributed by atoms with Gasteiger partial charge in [0.1, 0.15) is 30.5 Å². The van der Waals surface area contributed by atoms with Crippen LogP contribution in [0.1, 0.15) is 370 Å². The first-order valence-corrected chi connectivity index (χ1v) is 37.8. The molecular formula is C83H154O10. The molecule has 6 aliphatic rings. The van der Waals surface area contributed by atoms with E-state index in [1.807, 2.05) is 96.9 Å². The highest BCUT2D eigenvalue weighted by atomic mass is 16.6. The lowest BCUT2D eigenvalue weighted by atomic mass is 9.62. The predicted octanol–water partition coefficient (Wildman–Crippen LogP) is 23.3. The Morgan fingerprint density at radius 3 is 1.03 bits per heavy atom. The normalized spacial score (nSPS) is 28.7. The Bertz CT molecular complexity index is 2330. The lowest BCUT2D eigenvalue weighted by molar-refractivity contribution is -0.168. The van der Waals surface area contributed by atoms with Gasteiger partial charge in [0, 0.05) is 5.41 Å². The van der Waals surface area contributed by atoms with Crippen LogP contribution in [0.25, 0.3) is 0 Å². The van der Waals surface area contributed by atoms with Crippen LogP contribution < -0.4 is 0 Å². The van der Waals surface area contributed by atoms with E-state index in [1.54, 1.807) is 0 Å². The molecule has 0 N–H and O–H groups in total. The molecule has 0 aromatic heterocycles. The van der Waals surface area contributed by atoms with E-state index in [1.165, 1.54) is 44.9 Å². The van der Waals surface area contributed by atoms with Crippen LogP contribution in [-0.4, -0.2) is 60.4 Å². The zero-order chi connectivity index (χ0) is 72.5. The van der Waals surface area contributed by atoms with Crippen molar-refractivity contribution in [3.05, 3.63) is 0 Å². The molecule has 6 fully saturated rings. The molecule has 6 aliphatic carbocycles. The van der Waals surface area contributed by atoms with E-state index in [9.17, 15) is 24.0 Å². The van der Waals surface area contributed by atoms with Gasteiger partial charge in [0.05, 0.1) is 27.1 Å². The van der Waals surface area contributed by atoms with Crippen LogP contribution in [0.4, 0.5) is 0 Å². The lowest BCUT2D eigenvalue weighted by Crippen LogP contribution is -2.41. The molecule has 0 spiro atoms. The number of rotatable bonds is 15. The standard InChI is InChI=1S/C20H38O2.C16H28O2.2C16H30O2.C15H28O2/c1-10-20(8,9)17(21)22-16-12-14(18(2,3)4)11-15(13-16)19(5,6)7;1-7-14(2,3)13(17)18-12-10-11-8-9-16(12,6)15(11,4)5;1-8-16(6,7)13(17)18-12-9-14(2,3)11-15(4,5)10-12;1-7-16(5,6)14(17)18-13-10-8-12(9-11-13)15(2,3)4;1-7-15(5,6)13(16)17-12-10-14(3,4)9-8-11(12)2/h14-16H,10-13H2,1-9H3;11-12H,7-10H2,1-6H3;12H,8-11H2,1-7H3;12-13H,7-11H2,1-6H3;11-12H,7-10H2,1-6H3. The fourth-order valence-corrected chi connectivity index (χ4v) is 15.0. The average molecular weight is 1310 g/mol. The molecule has 0 aliphatic heterocycles. The number of hydrogen-bond acceptors (Lipinski definition) is 10. The summed E-state index contributed by atoms with van der Waals surface area (Å²) in [5.74, 6) is 3.10. The maximum atomic E-state index is 12.5. The smallest absolute Gasteiger partial charge is 0.311 e. The molecule has 93 heavy (non-hydrogen) atoms. The number of ether oxygens (including phenoxy) is 5. The Labute approximate surface area is 575 Å². The van der Waals surface area contributed by atoms with Gasteiger partial charge in [0.2, 0.25) is 0 Å². The van der Waals surface area contributed by atoms with Crippen LogP contribution in [0, 0.1) is 100.0 Å². The Morgan fingerprint density at radius 2 is 0.699 bits per heavy atom. The molecule has 6 rings (SSSR count). The van der Waals surface area contributed by atoms with Crippen molar-refractivity contribution >= 4 is 29.8 Å². The second-order valence-corrected chi connectivity index (χ2v) is 40.6. The number of fused-ring (bicyclic) bond motifs is 2. The quantitative estimate of drug-likeness (QED) is 0.115. The van der Waals surface area contributed by atoms with Crippen LogP contribution in [0.15, 0.2) is 0 Å². The first-order valence-electron chi connectivity index (χ1n) is 37.8. The fraction of sp³-hybridized carbons (Fsp3) is 0.940. The molecule has 10 nitrogen and oxygen atoms in total. The van der Waals surface area contributed by atoms with Crippen LogP contribution in [0.5, 0.6) is 0 Å². The largest absolute Gasteiger partial charge is 0.462 e. The first-order chi connectivity index (χ1) is 41.7.